The van der Waals surface area contributed by atoms with Crippen molar-refractivity contribution in [2.24, 2.45) is 0 Å². The summed E-state index contributed by atoms with van der Waals surface area (Å²) in [4.78, 5) is 8.77. The Morgan fingerprint density at radius 2 is 1.72 bits per heavy atom. The predicted octanol–water partition coefficient (Wildman–Crippen LogP) is 4.80. The van der Waals surface area contributed by atoms with Crippen molar-refractivity contribution in [2.45, 2.75) is 20.0 Å². The Balaban J connectivity index is 1.65. The van der Waals surface area contributed by atoms with Crippen LogP contribution in [0.3, 0.4) is 0 Å². The largest absolute Gasteiger partial charge is 0.366 e. The van der Waals surface area contributed by atoms with Crippen LogP contribution in [0.4, 0.5) is 16.2 Å². The summed E-state index contributed by atoms with van der Waals surface area (Å²) < 4.78 is 13.7. The van der Waals surface area contributed by atoms with Crippen LogP contribution in [0.15, 0.2) is 54.6 Å². The smallest absolute Gasteiger partial charge is 0.225 e. The van der Waals surface area contributed by atoms with Crippen LogP contribution in [0.2, 0.25) is 5.02 Å². The van der Waals surface area contributed by atoms with Crippen molar-refractivity contribution in [3.8, 4) is 0 Å². The molecule has 2 aromatic carbocycles. The fourth-order valence-electron chi connectivity index (χ4n) is 2.35. The highest BCUT2D eigenvalue weighted by molar-refractivity contribution is 6.30. The SMILES string of the molecule is Cc1cc(NCc2ccc(Cl)cc2)nc(NCc2ccccc2F)n1. The maximum atomic E-state index is 13.7. The summed E-state index contributed by atoms with van der Waals surface area (Å²) in [6.45, 7) is 2.84. The molecule has 1 heterocycles. The number of aromatic nitrogens is 2. The summed E-state index contributed by atoms with van der Waals surface area (Å²) in [5.74, 6) is 0.920. The van der Waals surface area contributed by atoms with Gasteiger partial charge in [-0.3, -0.25) is 0 Å². The van der Waals surface area contributed by atoms with E-state index in [0.29, 0.717) is 35.4 Å². The van der Waals surface area contributed by atoms with Crippen LogP contribution in [0.1, 0.15) is 16.8 Å². The Morgan fingerprint density at radius 1 is 0.960 bits per heavy atom. The molecule has 0 atom stereocenters. The molecular weight excluding hydrogens is 339 g/mol. The van der Waals surface area contributed by atoms with Gasteiger partial charge in [-0.25, -0.2) is 9.37 Å². The number of nitrogens with one attached hydrogen (secondary N) is 2. The molecule has 3 rings (SSSR count). The van der Waals surface area contributed by atoms with Crippen molar-refractivity contribution in [3.63, 3.8) is 0 Å². The van der Waals surface area contributed by atoms with E-state index in [-0.39, 0.29) is 5.82 Å². The maximum absolute atomic E-state index is 13.7. The van der Waals surface area contributed by atoms with Gasteiger partial charge in [0, 0.05) is 35.4 Å². The Morgan fingerprint density at radius 3 is 2.48 bits per heavy atom. The molecule has 0 aliphatic carbocycles. The van der Waals surface area contributed by atoms with Gasteiger partial charge in [0.25, 0.3) is 0 Å². The van der Waals surface area contributed by atoms with Crippen molar-refractivity contribution >= 4 is 23.4 Å². The number of benzene rings is 2. The lowest BCUT2D eigenvalue weighted by atomic mass is 10.2. The second-order valence-corrected chi connectivity index (χ2v) is 6.08. The molecule has 0 unspecified atom stereocenters. The van der Waals surface area contributed by atoms with Crippen LogP contribution in [0, 0.1) is 12.7 Å². The van der Waals surface area contributed by atoms with Crippen molar-refractivity contribution in [1.29, 1.82) is 0 Å². The second kappa shape index (κ2) is 7.94. The zero-order valence-electron chi connectivity index (χ0n) is 13.8. The van der Waals surface area contributed by atoms with Crippen LogP contribution in [0.5, 0.6) is 0 Å². The molecule has 0 saturated carbocycles. The Kier molecular flexibility index (Phi) is 5.46. The number of rotatable bonds is 6. The van der Waals surface area contributed by atoms with Gasteiger partial charge in [-0.1, -0.05) is 41.9 Å². The van der Waals surface area contributed by atoms with E-state index in [2.05, 4.69) is 20.6 Å². The molecule has 0 aliphatic rings. The predicted molar refractivity (Wildman–Crippen MR) is 99.3 cm³/mol. The van der Waals surface area contributed by atoms with E-state index in [0.717, 1.165) is 11.3 Å². The van der Waals surface area contributed by atoms with Crippen LogP contribution in [-0.2, 0) is 13.1 Å². The molecule has 1 aromatic heterocycles. The molecule has 3 aromatic rings. The first-order chi connectivity index (χ1) is 12.1. The summed E-state index contributed by atoms with van der Waals surface area (Å²) in [7, 11) is 0. The number of hydrogen-bond acceptors (Lipinski definition) is 4. The first-order valence-electron chi connectivity index (χ1n) is 7.91. The standard InChI is InChI=1S/C19H18ClFN4/c1-13-10-18(22-11-14-6-8-16(20)9-7-14)25-19(24-13)23-12-15-4-2-3-5-17(15)21/h2-10H,11-12H2,1H3,(H2,22,23,24,25). The number of anilines is 2. The van der Waals surface area contributed by atoms with Gasteiger partial charge in [0.1, 0.15) is 11.6 Å². The van der Waals surface area contributed by atoms with Crippen LogP contribution in [-0.4, -0.2) is 9.97 Å². The first kappa shape index (κ1) is 17.2. The lowest BCUT2D eigenvalue weighted by Gasteiger charge is -2.10. The van der Waals surface area contributed by atoms with Crippen molar-refractivity contribution in [3.05, 3.63) is 82.3 Å². The molecule has 0 radical (unpaired) electrons. The monoisotopic (exact) mass is 356 g/mol. The molecular formula is C19H18ClFN4. The van der Waals surface area contributed by atoms with Gasteiger partial charge in [-0.15, -0.1) is 0 Å². The summed E-state index contributed by atoms with van der Waals surface area (Å²) in [6, 6.07) is 16.1. The number of nitrogens with zero attached hydrogens (tertiary/aromatic N) is 2. The Bertz CT molecular complexity index is 852. The topological polar surface area (TPSA) is 49.8 Å². The van der Waals surface area contributed by atoms with E-state index in [1.807, 2.05) is 37.3 Å². The van der Waals surface area contributed by atoms with Crippen LogP contribution >= 0.6 is 11.6 Å². The lowest BCUT2D eigenvalue weighted by Crippen LogP contribution is -2.08. The van der Waals surface area contributed by atoms with Crippen LogP contribution < -0.4 is 10.6 Å². The van der Waals surface area contributed by atoms with E-state index in [9.17, 15) is 4.39 Å². The van der Waals surface area contributed by atoms with Gasteiger partial charge in [0.15, 0.2) is 0 Å². The summed E-state index contributed by atoms with van der Waals surface area (Å²) in [5, 5.41) is 7.04. The molecule has 25 heavy (non-hydrogen) atoms. The fourth-order valence-corrected chi connectivity index (χ4v) is 2.48. The van der Waals surface area contributed by atoms with E-state index in [1.165, 1.54) is 6.07 Å². The zero-order chi connectivity index (χ0) is 17.6. The Hall–Kier alpha value is -2.66. The second-order valence-electron chi connectivity index (χ2n) is 5.64. The molecule has 2 N–H and O–H groups in total. The minimum absolute atomic E-state index is 0.247. The molecule has 128 valence electrons. The average Bonchev–Trinajstić information content (AvgIpc) is 2.60. The summed E-state index contributed by atoms with van der Waals surface area (Å²) in [6.07, 6.45) is 0. The molecule has 0 aliphatic heterocycles. The first-order valence-corrected chi connectivity index (χ1v) is 8.29. The van der Waals surface area contributed by atoms with Gasteiger partial charge >= 0.3 is 0 Å². The molecule has 0 spiro atoms. The van der Waals surface area contributed by atoms with E-state index < -0.39 is 0 Å². The zero-order valence-corrected chi connectivity index (χ0v) is 14.5. The van der Waals surface area contributed by atoms with Crippen molar-refractivity contribution in [2.75, 3.05) is 10.6 Å². The molecule has 0 fully saturated rings. The van der Waals surface area contributed by atoms with Gasteiger partial charge in [0.2, 0.25) is 5.95 Å². The third kappa shape index (κ3) is 4.90. The van der Waals surface area contributed by atoms with Gasteiger partial charge in [-0.05, 0) is 30.7 Å². The molecule has 0 amide bonds. The van der Waals surface area contributed by atoms with Crippen LogP contribution in [0.25, 0.3) is 0 Å². The number of hydrogen-bond donors (Lipinski definition) is 2. The van der Waals surface area contributed by atoms with E-state index in [4.69, 9.17) is 11.6 Å². The molecule has 6 heteroatoms. The molecule has 4 nitrogen and oxygen atoms in total. The number of halogens is 2. The minimum atomic E-state index is -0.247. The maximum Gasteiger partial charge on any atom is 0.225 e. The number of aryl methyl sites for hydroxylation is 1. The highest BCUT2D eigenvalue weighted by atomic mass is 35.5. The molecule has 0 saturated heterocycles. The summed E-state index contributed by atoms with van der Waals surface area (Å²) >= 11 is 5.89. The van der Waals surface area contributed by atoms with E-state index >= 15 is 0 Å². The third-order valence-electron chi connectivity index (χ3n) is 3.64. The average molecular weight is 357 g/mol. The van der Waals surface area contributed by atoms with Crippen molar-refractivity contribution in [1.82, 2.24) is 9.97 Å². The van der Waals surface area contributed by atoms with Gasteiger partial charge < -0.3 is 10.6 Å². The van der Waals surface area contributed by atoms with E-state index in [1.54, 1.807) is 18.2 Å². The quantitative estimate of drug-likeness (QED) is 0.666. The lowest BCUT2D eigenvalue weighted by molar-refractivity contribution is 0.612. The highest BCUT2D eigenvalue weighted by Crippen LogP contribution is 2.14. The van der Waals surface area contributed by atoms with Gasteiger partial charge in [-0.2, -0.15) is 4.98 Å². The molecule has 0 bridgehead atoms. The minimum Gasteiger partial charge on any atom is -0.366 e. The fraction of sp³-hybridized carbons (Fsp3) is 0.158. The normalized spacial score (nSPS) is 10.5. The van der Waals surface area contributed by atoms with Gasteiger partial charge in [0.05, 0.1) is 0 Å². The third-order valence-corrected chi connectivity index (χ3v) is 3.89. The van der Waals surface area contributed by atoms with Crippen molar-refractivity contribution < 1.29 is 4.39 Å². The Labute approximate surface area is 151 Å². The highest BCUT2D eigenvalue weighted by Gasteiger charge is 2.05. The summed E-state index contributed by atoms with van der Waals surface area (Å²) in [5.41, 5.74) is 2.49.